The quantitative estimate of drug-likeness (QED) is 0.426. The van der Waals surface area contributed by atoms with Crippen molar-refractivity contribution >= 4 is 29.6 Å². The van der Waals surface area contributed by atoms with Crippen LogP contribution in [0.5, 0.6) is 0 Å². The molecule has 4 amide bonds. The number of hydrogen-bond acceptors (Lipinski definition) is 7. The van der Waals surface area contributed by atoms with Gasteiger partial charge in [0.1, 0.15) is 24.2 Å². The normalized spacial score (nSPS) is 28.7. The van der Waals surface area contributed by atoms with Gasteiger partial charge >= 0.3 is 5.97 Å². The van der Waals surface area contributed by atoms with Crippen molar-refractivity contribution < 1.29 is 28.7 Å². The molecule has 1 aromatic rings. The molecule has 4 saturated heterocycles. The summed E-state index contributed by atoms with van der Waals surface area (Å²) in [6.45, 7) is 2.42. The number of piperidine rings is 1. The number of ether oxygens (including phenoxy) is 1. The van der Waals surface area contributed by atoms with Gasteiger partial charge in [-0.25, -0.2) is 4.79 Å². The number of likely N-dealkylation sites (tertiary alicyclic amines) is 1. The lowest BCUT2D eigenvalue weighted by molar-refractivity contribution is -0.144. The summed E-state index contributed by atoms with van der Waals surface area (Å²) in [6, 6.07) is 4.83. The second-order valence-electron chi connectivity index (χ2n) is 11.4. The Morgan fingerprint density at radius 1 is 1.07 bits per heavy atom. The first-order valence-electron chi connectivity index (χ1n) is 14.4. The van der Waals surface area contributed by atoms with Gasteiger partial charge in [0, 0.05) is 37.5 Å². The van der Waals surface area contributed by atoms with E-state index in [9.17, 15) is 24.0 Å². The van der Waals surface area contributed by atoms with E-state index in [0.717, 1.165) is 31.2 Å². The van der Waals surface area contributed by atoms with Crippen LogP contribution in [0.25, 0.3) is 0 Å². The molecule has 4 aliphatic rings. The van der Waals surface area contributed by atoms with Crippen molar-refractivity contribution in [3.63, 3.8) is 0 Å². The SMILES string of the molecule is CN[C@@H](C)C(=O)NC1CCCCC2CCC(C(=O)NCc3cccc(C(=O)N4CCC5CC4C(=O)O5)c3)N2C1=O. The smallest absolute Gasteiger partial charge is 0.329 e. The third kappa shape index (κ3) is 5.70. The summed E-state index contributed by atoms with van der Waals surface area (Å²) in [5, 5.41) is 8.74. The maximum atomic E-state index is 13.6. The third-order valence-corrected chi connectivity index (χ3v) is 8.79. The molecule has 5 rings (SSSR count). The van der Waals surface area contributed by atoms with Crippen molar-refractivity contribution in [1.82, 2.24) is 25.8 Å². The first-order chi connectivity index (χ1) is 19.3. The fraction of sp³-hybridized carbons (Fsp3) is 0.621. The van der Waals surface area contributed by atoms with E-state index < -0.39 is 24.2 Å². The van der Waals surface area contributed by atoms with Gasteiger partial charge < -0.3 is 30.5 Å². The monoisotopic (exact) mass is 553 g/mol. The largest absolute Gasteiger partial charge is 0.461 e. The molecule has 11 nitrogen and oxygen atoms in total. The zero-order valence-electron chi connectivity index (χ0n) is 23.2. The fourth-order valence-corrected chi connectivity index (χ4v) is 6.39. The lowest BCUT2D eigenvalue weighted by Gasteiger charge is -2.35. The van der Waals surface area contributed by atoms with Gasteiger partial charge in [0.25, 0.3) is 5.91 Å². The first kappa shape index (κ1) is 28.1. The van der Waals surface area contributed by atoms with Gasteiger partial charge in [0.2, 0.25) is 17.7 Å². The Bertz CT molecular complexity index is 1170. The lowest BCUT2D eigenvalue weighted by atomic mass is 9.98. The van der Waals surface area contributed by atoms with Gasteiger partial charge in [-0.3, -0.25) is 19.2 Å². The van der Waals surface area contributed by atoms with Crippen LogP contribution in [-0.4, -0.2) is 89.3 Å². The van der Waals surface area contributed by atoms with E-state index in [-0.39, 0.29) is 48.3 Å². The molecule has 4 fully saturated rings. The maximum absolute atomic E-state index is 13.6. The molecule has 4 heterocycles. The van der Waals surface area contributed by atoms with Gasteiger partial charge in [0.05, 0.1) is 6.04 Å². The van der Waals surface area contributed by atoms with Crippen molar-refractivity contribution in [3.8, 4) is 0 Å². The highest BCUT2D eigenvalue weighted by molar-refractivity contribution is 5.98. The van der Waals surface area contributed by atoms with E-state index in [1.165, 1.54) is 0 Å². The second kappa shape index (κ2) is 12.0. The molecule has 3 N–H and O–H groups in total. The molecular formula is C29H39N5O6. The van der Waals surface area contributed by atoms with Crippen molar-refractivity contribution in [2.45, 2.75) is 101 Å². The van der Waals surface area contributed by atoms with Crippen LogP contribution in [0.4, 0.5) is 0 Å². The number of nitrogens with one attached hydrogen (secondary N) is 3. The molecule has 5 unspecified atom stereocenters. The first-order valence-corrected chi connectivity index (χ1v) is 14.4. The minimum atomic E-state index is -0.649. The second-order valence-corrected chi connectivity index (χ2v) is 11.4. The Hall–Kier alpha value is -3.47. The molecule has 0 aliphatic carbocycles. The molecule has 0 radical (unpaired) electrons. The number of fused-ring (bicyclic) bond motifs is 3. The lowest BCUT2D eigenvalue weighted by Crippen LogP contribution is -2.57. The maximum Gasteiger partial charge on any atom is 0.329 e. The predicted octanol–water partition coefficient (Wildman–Crippen LogP) is 0.859. The third-order valence-electron chi connectivity index (χ3n) is 8.79. The van der Waals surface area contributed by atoms with Gasteiger partial charge in [-0.05, 0) is 57.4 Å². The van der Waals surface area contributed by atoms with Gasteiger partial charge in [-0.2, -0.15) is 0 Å². The Balaban J connectivity index is 1.23. The molecule has 0 aromatic heterocycles. The summed E-state index contributed by atoms with van der Waals surface area (Å²) in [7, 11) is 1.69. The van der Waals surface area contributed by atoms with Crippen LogP contribution in [0.15, 0.2) is 24.3 Å². The Morgan fingerprint density at radius 2 is 1.88 bits per heavy atom. The summed E-state index contributed by atoms with van der Waals surface area (Å²) in [6.07, 6.45) is 5.59. The standard InChI is InChI=1S/C29H39N5O6/c1-17(30-2)25(35)32-22-9-4-3-8-20-10-11-23(34(20)28(22)38)26(36)31-16-18-6-5-7-19(14-18)27(37)33-13-12-21-15-24(33)29(39)40-21/h5-7,14,17,20-24,30H,3-4,8-13,15-16H2,1-2H3,(H,31,36)(H,32,35)/t17-,20?,21?,22?,23?,24?/m0/s1. The number of nitrogens with zero attached hydrogens (tertiary/aromatic N) is 2. The molecule has 40 heavy (non-hydrogen) atoms. The molecule has 2 bridgehead atoms. The summed E-state index contributed by atoms with van der Waals surface area (Å²) in [4.78, 5) is 68.1. The molecule has 4 aliphatic heterocycles. The van der Waals surface area contributed by atoms with Crippen LogP contribution in [0.1, 0.15) is 74.2 Å². The average molecular weight is 554 g/mol. The van der Waals surface area contributed by atoms with Crippen LogP contribution in [0, 0.1) is 0 Å². The topological polar surface area (TPSA) is 137 Å². The Labute approximate surface area is 234 Å². The van der Waals surface area contributed by atoms with Crippen LogP contribution >= 0.6 is 0 Å². The molecular weight excluding hydrogens is 514 g/mol. The molecule has 0 spiro atoms. The van der Waals surface area contributed by atoms with E-state index in [0.29, 0.717) is 37.8 Å². The summed E-state index contributed by atoms with van der Waals surface area (Å²) in [5.74, 6) is -1.23. The number of esters is 1. The van der Waals surface area contributed by atoms with Crippen LogP contribution in [-0.2, 0) is 30.5 Å². The van der Waals surface area contributed by atoms with Gasteiger partial charge in [-0.1, -0.05) is 25.0 Å². The van der Waals surface area contributed by atoms with Crippen LogP contribution in [0.3, 0.4) is 0 Å². The van der Waals surface area contributed by atoms with E-state index in [1.807, 2.05) is 6.07 Å². The predicted molar refractivity (Wildman–Crippen MR) is 145 cm³/mol. The van der Waals surface area contributed by atoms with E-state index in [2.05, 4.69) is 16.0 Å². The Morgan fingerprint density at radius 3 is 2.67 bits per heavy atom. The number of hydrogen-bond donors (Lipinski definition) is 3. The summed E-state index contributed by atoms with van der Waals surface area (Å²) >= 11 is 0. The minimum Gasteiger partial charge on any atom is -0.461 e. The minimum absolute atomic E-state index is 0.0166. The van der Waals surface area contributed by atoms with Crippen LogP contribution < -0.4 is 16.0 Å². The summed E-state index contributed by atoms with van der Waals surface area (Å²) in [5.41, 5.74) is 1.21. The van der Waals surface area contributed by atoms with Crippen molar-refractivity contribution in [2.75, 3.05) is 13.6 Å². The van der Waals surface area contributed by atoms with Crippen molar-refractivity contribution in [3.05, 3.63) is 35.4 Å². The number of carbonyl (C=O) groups excluding carboxylic acids is 5. The van der Waals surface area contributed by atoms with E-state index >= 15 is 0 Å². The number of rotatable bonds is 7. The zero-order chi connectivity index (χ0) is 28.4. The average Bonchev–Trinajstić information content (AvgIpc) is 3.51. The molecule has 1 aromatic carbocycles. The van der Waals surface area contributed by atoms with Gasteiger partial charge in [-0.15, -0.1) is 0 Å². The number of benzene rings is 1. The molecule has 6 atom stereocenters. The van der Waals surface area contributed by atoms with Crippen molar-refractivity contribution in [2.24, 2.45) is 0 Å². The zero-order valence-corrected chi connectivity index (χ0v) is 23.2. The highest BCUT2D eigenvalue weighted by atomic mass is 16.6. The molecule has 0 saturated carbocycles. The molecule has 11 heteroatoms. The van der Waals surface area contributed by atoms with Crippen LogP contribution in [0.2, 0.25) is 0 Å². The fourth-order valence-electron chi connectivity index (χ4n) is 6.39. The van der Waals surface area contributed by atoms with E-state index in [4.69, 9.17) is 4.74 Å². The number of amides is 4. The van der Waals surface area contributed by atoms with Crippen molar-refractivity contribution in [1.29, 1.82) is 0 Å². The molecule has 216 valence electrons. The summed E-state index contributed by atoms with van der Waals surface area (Å²) < 4.78 is 5.31. The van der Waals surface area contributed by atoms with Gasteiger partial charge in [0.15, 0.2) is 0 Å². The van der Waals surface area contributed by atoms with E-state index in [1.54, 1.807) is 42.0 Å². The highest BCUT2D eigenvalue weighted by Crippen LogP contribution is 2.32. The number of carbonyl (C=O) groups is 5. The highest BCUT2D eigenvalue weighted by Gasteiger charge is 2.45. The number of likely N-dealkylation sites (N-methyl/N-ethyl adjacent to an activating group) is 1. The Kier molecular flexibility index (Phi) is 8.39.